The van der Waals surface area contributed by atoms with Crippen molar-refractivity contribution in [2.45, 2.75) is 6.10 Å². The highest BCUT2D eigenvalue weighted by Gasteiger charge is 2.17. The van der Waals surface area contributed by atoms with Crippen molar-refractivity contribution in [1.29, 1.82) is 0 Å². The number of aliphatic hydroxyl groups is 1. The number of ether oxygens (including phenoxy) is 1. The summed E-state index contributed by atoms with van der Waals surface area (Å²) in [4.78, 5) is 10.7. The molecule has 0 aliphatic rings. The van der Waals surface area contributed by atoms with E-state index in [1.54, 1.807) is 16.8 Å². The molecule has 1 atom stereocenters. The minimum Gasteiger partial charge on any atom is -0.467 e. The molecule has 0 spiro atoms. The Morgan fingerprint density at radius 1 is 1.82 bits per heavy atom. The number of aliphatic hydroxyl groups excluding tert-OH is 1. The molecule has 0 fully saturated rings. The van der Waals surface area contributed by atoms with Gasteiger partial charge in [-0.05, 0) is 16.8 Å². The third-order valence-electron chi connectivity index (χ3n) is 1.28. The molecule has 1 heterocycles. The smallest absolute Gasteiger partial charge is 0.339 e. The first-order chi connectivity index (χ1) is 5.25. The average Bonchev–Trinajstić information content (AvgIpc) is 2.53. The van der Waals surface area contributed by atoms with Gasteiger partial charge in [-0.3, -0.25) is 0 Å². The predicted octanol–water partition coefficient (Wildman–Crippen LogP) is 0.954. The Kier molecular flexibility index (Phi) is 2.62. The third kappa shape index (κ3) is 1.78. The number of methoxy groups -OCH3 is 1. The van der Waals surface area contributed by atoms with Gasteiger partial charge in [0, 0.05) is 5.56 Å². The standard InChI is InChI=1S/C7H8O3S/c1-10-7(9)6(8)5-2-3-11-4-5/h2-4,6,8H,1H3/t6-/m0/s1. The molecule has 4 heteroatoms. The van der Waals surface area contributed by atoms with Crippen molar-refractivity contribution in [2.75, 3.05) is 7.11 Å². The summed E-state index contributed by atoms with van der Waals surface area (Å²) in [6, 6.07) is 1.69. The Bertz CT molecular complexity index is 230. The maximum atomic E-state index is 10.7. The van der Waals surface area contributed by atoms with Gasteiger partial charge in [0.2, 0.25) is 0 Å². The summed E-state index contributed by atoms with van der Waals surface area (Å²) in [5, 5.41) is 12.7. The first-order valence-electron chi connectivity index (χ1n) is 3.03. The van der Waals surface area contributed by atoms with Gasteiger partial charge in [-0.1, -0.05) is 0 Å². The summed E-state index contributed by atoms with van der Waals surface area (Å²) in [6.45, 7) is 0. The number of hydrogen-bond acceptors (Lipinski definition) is 4. The van der Waals surface area contributed by atoms with Gasteiger partial charge < -0.3 is 9.84 Å². The largest absolute Gasteiger partial charge is 0.467 e. The van der Waals surface area contributed by atoms with Crippen molar-refractivity contribution in [3.05, 3.63) is 22.4 Å². The summed E-state index contributed by atoms with van der Waals surface area (Å²) >= 11 is 1.43. The second-order valence-electron chi connectivity index (χ2n) is 1.98. The molecule has 0 aromatic carbocycles. The van der Waals surface area contributed by atoms with Crippen LogP contribution in [0.25, 0.3) is 0 Å². The fraction of sp³-hybridized carbons (Fsp3) is 0.286. The molecule has 0 saturated carbocycles. The molecule has 0 saturated heterocycles. The summed E-state index contributed by atoms with van der Waals surface area (Å²) in [7, 11) is 1.25. The Hall–Kier alpha value is -0.870. The molecule has 1 aromatic rings. The van der Waals surface area contributed by atoms with Crippen LogP contribution in [0.4, 0.5) is 0 Å². The van der Waals surface area contributed by atoms with Gasteiger partial charge in [-0.2, -0.15) is 11.3 Å². The van der Waals surface area contributed by atoms with Gasteiger partial charge in [0.15, 0.2) is 6.10 Å². The van der Waals surface area contributed by atoms with Gasteiger partial charge in [0.05, 0.1) is 7.11 Å². The molecule has 0 amide bonds. The van der Waals surface area contributed by atoms with E-state index in [2.05, 4.69) is 4.74 Å². The van der Waals surface area contributed by atoms with Crippen molar-refractivity contribution < 1.29 is 14.6 Å². The van der Waals surface area contributed by atoms with Crippen LogP contribution in [0.15, 0.2) is 16.8 Å². The van der Waals surface area contributed by atoms with Crippen LogP contribution in [0.1, 0.15) is 11.7 Å². The van der Waals surface area contributed by atoms with Crippen LogP contribution in [0.5, 0.6) is 0 Å². The maximum Gasteiger partial charge on any atom is 0.339 e. The number of hydrogen-bond donors (Lipinski definition) is 1. The van der Waals surface area contributed by atoms with E-state index in [0.717, 1.165) is 0 Å². The van der Waals surface area contributed by atoms with Crippen molar-refractivity contribution in [3.63, 3.8) is 0 Å². The molecule has 0 bridgehead atoms. The zero-order chi connectivity index (χ0) is 8.27. The Labute approximate surface area is 68.2 Å². The third-order valence-corrected chi connectivity index (χ3v) is 1.98. The van der Waals surface area contributed by atoms with Crippen LogP contribution in [0.3, 0.4) is 0 Å². The van der Waals surface area contributed by atoms with E-state index in [4.69, 9.17) is 0 Å². The first-order valence-corrected chi connectivity index (χ1v) is 3.98. The zero-order valence-electron chi connectivity index (χ0n) is 5.98. The molecule has 3 nitrogen and oxygen atoms in total. The quantitative estimate of drug-likeness (QED) is 0.676. The molecular weight excluding hydrogens is 164 g/mol. The molecule has 0 aliphatic heterocycles. The van der Waals surface area contributed by atoms with Crippen molar-refractivity contribution >= 4 is 17.3 Å². The Morgan fingerprint density at radius 3 is 3.00 bits per heavy atom. The summed E-state index contributed by atoms with van der Waals surface area (Å²) in [5.74, 6) is -0.622. The van der Waals surface area contributed by atoms with Gasteiger partial charge in [-0.25, -0.2) is 4.79 Å². The highest BCUT2D eigenvalue weighted by Crippen LogP contribution is 2.16. The summed E-state index contributed by atoms with van der Waals surface area (Å²) in [6.07, 6.45) is -1.13. The van der Waals surface area contributed by atoms with E-state index in [0.29, 0.717) is 5.56 Å². The number of carbonyl (C=O) groups is 1. The predicted molar refractivity (Wildman–Crippen MR) is 41.3 cm³/mol. The SMILES string of the molecule is COC(=O)[C@@H](O)c1ccsc1. The van der Waals surface area contributed by atoms with E-state index in [-0.39, 0.29) is 0 Å². The lowest BCUT2D eigenvalue weighted by Crippen LogP contribution is -2.12. The van der Waals surface area contributed by atoms with Crippen LogP contribution in [0, 0.1) is 0 Å². The minimum atomic E-state index is -1.13. The number of thiophene rings is 1. The van der Waals surface area contributed by atoms with E-state index < -0.39 is 12.1 Å². The number of esters is 1. The summed E-state index contributed by atoms with van der Waals surface area (Å²) < 4.78 is 4.35. The lowest BCUT2D eigenvalue weighted by molar-refractivity contribution is -0.150. The fourth-order valence-electron chi connectivity index (χ4n) is 0.678. The molecule has 0 unspecified atom stereocenters. The van der Waals surface area contributed by atoms with Crippen LogP contribution in [-0.4, -0.2) is 18.2 Å². The van der Waals surface area contributed by atoms with E-state index in [1.807, 2.05) is 0 Å². The lowest BCUT2D eigenvalue weighted by atomic mass is 10.2. The average molecular weight is 172 g/mol. The van der Waals surface area contributed by atoms with Crippen molar-refractivity contribution in [1.82, 2.24) is 0 Å². The lowest BCUT2D eigenvalue weighted by Gasteiger charge is -2.04. The Balaban J connectivity index is 2.70. The first kappa shape index (κ1) is 8.23. The second-order valence-corrected chi connectivity index (χ2v) is 2.76. The molecule has 1 N–H and O–H groups in total. The number of carbonyl (C=O) groups excluding carboxylic acids is 1. The van der Waals surface area contributed by atoms with E-state index in [9.17, 15) is 9.90 Å². The van der Waals surface area contributed by atoms with Crippen LogP contribution in [0.2, 0.25) is 0 Å². The van der Waals surface area contributed by atoms with Gasteiger partial charge in [0.25, 0.3) is 0 Å². The normalized spacial score (nSPS) is 12.5. The van der Waals surface area contributed by atoms with Crippen molar-refractivity contribution in [2.24, 2.45) is 0 Å². The van der Waals surface area contributed by atoms with E-state index in [1.165, 1.54) is 18.4 Å². The summed E-state index contributed by atoms with van der Waals surface area (Å²) in [5.41, 5.74) is 0.585. The molecule has 1 aromatic heterocycles. The highest BCUT2D eigenvalue weighted by atomic mass is 32.1. The molecule has 0 aliphatic carbocycles. The number of rotatable bonds is 2. The van der Waals surface area contributed by atoms with E-state index >= 15 is 0 Å². The van der Waals surface area contributed by atoms with Gasteiger partial charge in [-0.15, -0.1) is 0 Å². The molecule has 60 valence electrons. The molecular formula is C7H8O3S. The maximum absolute atomic E-state index is 10.7. The fourth-order valence-corrected chi connectivity index (χ4v) is 1.36. The monoisotopic (exact) mass is 172 g/mol. The van der Waals surface area contributed by atoms with Crippen LogP contribution < -0.4 is 0 Å². The Morgan fingerprint density at radius 2 is 2.55 bits per heavy atom. The van der Waals surface area contributed by atoms with Gasteiger partial charge >= 0.3 is 5.97 Å². The van der Waals surface area contributed by atoms with Crippen LogP contribution in [-0.2, 0) is 9.53 Å². The molecule has 11 heavy (non-hydrogen) atoms. The highest BCUT2D eigenvalue weighted by molar-refractivity contribution is 7.08. The minimum absolute atomic E-state index is 0.585. The zero-order valence-corrected chi connectivity index (χ0v) is 6.80. The second kappa shape index (κ2) is 3.50. The molecule has 1 rings (SSSR count). The van der Waals surface area contributed by atoms with Gasteiger partial charge in [0.1, 0.15) is 0 Å². The molecule has 0 radical (unpaired) electrons. The van der Waals surface area contributed by atoms with Crippen LogP contribution >= 0.6 is 11.3 Å². The van der Waals surface area contributed by atoms with Crippen molar-refractivity contribution in [3.8, 4) is 0 Å². The topological polar surface area (TPSA) is 46.5 Å².